The third kappa shape index (κ3) is 3.60. The van der Waals surface area contributed by atoms with Gasteiger partial charge in [0, 0.05) is 16.3 Å². The zero-order valence-corrected chi connectivity index (χ0v) is 12.1. The highest BCUT2D eigenvalue weighted by Gasteiger charge is 2.09. The number of halogens is 3. The second-order valence-electron chi connectivity index (χ2n) is 3.92. The van der Waals surface area contributed by atoms with Crippen LogP contribution >= 0.6 is 34.8 Å². The van der Waals surface area contributed by atoms with Crippen molar-refractivity contribution in [1.29, 1.82) is 0 Å². The van der Waals surface area contributed by atoms with Crippen LogP contribution in [0.5, 0.6) is 0 Å². The van der Waals surface area contributed by atoms with Crippen molar-refractivity contribution >= 4 is 46.4 Å². The monoisotopic (exact) mass is 314 g/mol. The molecule has 0 saturated carbocycles. The van der Waals surface area contributed by atoms with E-state index in [1.54, 1.807) is 12.1 Å². The fraction of sp³-hybridized carbons (Fsp3) is 0.0769. The number of hydrogen-bond acceptors (Lipinski definition) is 2. The number of hydrogen-bond donors (Lipinski definition) is 1. The Kier molecular flexibility index (Phi) is 4.30. The number of nitrogens with zero attached hydrogens (tertiary/aromatic N) is 1. The Labute approximate surface area is 125 Å². The van der Waals surface area contributed by atoms with Crippen molar-refractivity contribution in [1.82, 2.24) is 4.98 Å². The molecule has 0 aliphatic carbocycles. The Hall–Kier alpha value is -1.29. The van der Waals surface area contributed by atoms with Crippen molar-refractivity contribution in [3.8, 4) is 0 Å². The summed E-state index contributed by atoms with van der Waals surface area (Å²) >= 11 is 17.5. The van der Waals surface area contributed by atoms with Crippen LogP contribution in [0.2, 0.25) is 15.3 Å². The zero-order valence-electron chi connectivity index (χ0n) is 9.88. The lowest BCUT2D eigenvalue weighted by Crippen LogP contribution is -2.12. The van der Waals surface area contributed by atoms with E-state index >= 15 is 0 Å². The van der Waals surface area contributed by atoms with Crippen LogP contribution in [0.3, 0.4) is 0 Å². The van der Waals surface area contributed by atoms with Gasteiger partial charge >= 0.3 is 0 Å². The lowest BCUT2D eigenvalue weighted by molar-refractivity contribution is 0.102. The summed E-state index contributed by atoms with van der Waals surface area (Å²) < 4.78 is 0. The molecule has 19 heavy (non-hydrogen) atoms. The van der Waals surface area contributed by atoms with Crippen LogP contribution in [0, 0.1) is 6.92 Å². The van der Waals surface area contributed by atoms with E-state index in [1.165, 1.54) is 12.1 Å². The zero-order chi connectivity index (χ0) is 14.0. The van der Waals surface area contributed by atoms with Crippen molar-refractivity contribution < 1.29 is 4.79 Å². The highest BCUT2D eigenvalue weighted by molar-refractivity contribution is 6.33. The largest absolute Gasteiger partial charge is 0.322 e. The normalized spacial score (nSPS) is 10.3. The molecule has 0 fully saturated rings. The molecule has 0 saturated heterocycles. The molecule has 6 heteroatoms. The van der Waals surface area contributed by atoms with Gasteiger partial charge in [-0.25, -0.2) is 4.98 Å². The first-order valence-corrected chi connectivity index (χ1v) is 6.49. The molecule has 0 atom stereocenters. The molecule has 1 N–H and O–H groups in total. The van der Waals surface area contributed by atoms with E-state index in [0.29, 0.717) is 16.3 Å². The SMILES string of the molecule is Cc1ccc(NC(=O)c2cc(Cl)nc(Cl)c2)cc1Cl. The lowest BCUT2D eigenvalue weighted by Gasteiger charge is -2.07. The predicted octanol–water partition coefficient (Wildman–Crippen LogP) is 4.60. The van der Waals surface area contributed by atoms with Gasteiger partial charge in [0.2, 0.25) is 0 Å². The van der Waals surface area contributed by atoms with E-state index in [0.717, 1.165) is 5.56 Å². The third-order valence-electron chi connectivity index (χ3n) is 2.45. The number of anilines is 1. The summed E-state index contributed by atoms with van der Waals surface area (Å²) in [5.41, 5.74) is 1.88. The van der Waals surface area contributed by atoms with Crippen LogP contribution in [0.15, 0.2) is 30.3 Å². The fourth-order valence-electron chi connectivity index (χ4n) is 1.47. The molecular formula is C13H9Cl3N2O. The van der Waals surface area contributed by atoms with Crippen LogP contribution in [0.1, 0.15) is 15.9 Å². The predicted molar refractivity (Wildman–Crippen MR) is 78.4 cm³/mol. The topological polar surface area (TPSA) is 42.0 Å². The first-order chi connectivity index (χ1) is 8.95. The highest BCUT2D eigenvalue weighted by atomic mass is 35.5. The van der Waals surface area contributed by atoms with Crippen molar-refractivity contribution in [2.24, 2.45) is 0 Å². The van der Waals surface area contributed by atoms with E-state index in [4.69, 9.17) is 34.8 Å². The van der Waals surface area contributed by atoms with Crippen molar-refractivity contribution in [3.05, 3.63) is 56.8 Å². The number of aromatic nitrogens is 1. The quantitative estimate of drug-likeness (QED) is 0.823. The molecule has 3 nitrogen and oxygen atoms in total. The van der Waals surface area contributed by atoms with E-state index in [-0.39, 0.29) is 16.2 Å². The molecule has 1 aromatic heterocycles. The minimum Gasteiger partial charge on any atom is -0.322 e. The Balaban J connectivity index is 2.22. The fourth-order valence-corrected chi connectivity index (χ4v) is 2.11. The summed E-state index contributed by atoms with van der Waals surface area (Å²) in [6.45, 7) is 1.89. The standard InChI is InChI=1S/C13H9Cl3N2O/c1-7-2-3-9(6-10(7)14)17-13(19)8-4-11(15)18-12(16)5-8/h2-6H,1H3,(H,17,19). The van der Waals surface area contributed by atoms with Crippen molar-refractivity contribution in [2.45, 2.75) is 6.92 Å². The van der Waals surface area contributed by atoms with Gasteiger partial charge in [0.05, 0.1) is 0 Å². The van der Waals surface area contributed by atoms with Gasteiger partial charge in [-0.1, -0.05) is 40.9 Å². The van der Waals surface area contributed by atoms with Gasteiger partial charge in [0.25, 0.3) is 5.91 Å². The summed E-state index contributed by atoms with van der Waals surface area (Å²) in [5, 5.41) is 3.63. The number of pyridine rings is 1. The Bertz CT molecular complexity index is 624. The van der Waals surface area contributed by atoms with Gasteiger partial charge in [-0.05, 0) is 36.8 Å². The van der Waals surface area contributed by atoms with Gasteiger partial charge in [-0.15, -0.1) is 0 Å². The van der Waals surface area contributed by atoms with Gasteiger partial charge in [-0.2, -0.15) is 0 Å². The summed E-state index contributed by atoms with van der Waals surface area (Å²) in [4.78, 5) is 15.8. The van der Waals surface area contributed by atoms with Crippen molar-refractivity contribution in [3.63, 3.8) is 0 Å². The van der Waals surface area contributed by atoms with E-state index in [9.17, 15) is 4.79 Å². The molecule has 0 spiro atoms. The number of aryl methyl sites for hydroxylation is 1. The maximum Gasteiger partial charge on any atom is 0.255 e. The summed E-state index contributed by atoms with van der Waals surface area (Å²) in [6.07, 6.45) is 0. The van der Waals surface area contributed by atoms with E-state index in [1.807, 2.05) is 13.0 Å². The maximum atomic E-state index is 12.0. The maximum absolute atomic E-state index is 12.0. The van der Waals surface area contributed by atoms with Crippen LogP contribution in [-0.2, 0) is 0 Å². The summed E-state index contributed by atoms with van der Waals surface area (Å²) in [7, 11) is 0. The molecule has 0 aliphatic heterocycles. The molecular weight excluding hydrogens is 307 g/mol. The molecule has 0 bridgehead atoms. The van der Waals surface area contributed by atoms with Gasteiger partial charge in [0.1, 0.15) is 10.3 Å². The van der Waals surface area contributed by atoms with Crippen LogP contribution < -0.4 is 5.32 Å². The molecule has 1 heterocycles. The molecule has 2 aromatic rings. The van der Waals surface area contributed by atoms with E-state index in [2.05, 4.69) is 10.3 Å². The minimum atomic E-state index is -0.328. The first kappa shape index (κ1) is 14.1. The molecule has 0 unspecified atom stereocenters. The van der Waals surface area contributed by atoms with Crippen LogP contribution in [-0.4, -0.2) is 10.9 Å². The first-order valence-electron chi connectivity index (χ1n) is 5.36. The average molecular weight is 316 g/mol. The van der Waals surface area contributed by atoms with E-state index < -0.39 is 0 Å². The Morgan fingerprint density at radius 3 is 2.32 bits per heavy atom. The van der Waals surface area contributed by atoms with Gasteiger partial charge in [0.15, 0.2) is 0 Å². The smallest absolute Gasteiger partial charge is 0.255 e. The molecule has 0 aliphatic rings. The number of benzene rings is 1. The number of amides is 1. The van der Waals surface area contributed by atoms with Crippen LogP contribution in [0.4, 0.5) is 5.69 Å². The minimum absolute atomic E-state index is 0.166. The van der Waals surface area contributed by atoms with Crippen molar-refractivity contribution in [2.75, 3.05) is 5.32 Å². The molecule has 1 amide bonds. The molecule has 2 rings (SSSR count). The van der Waals surface area contributed by atoms with Gasteiger partial charge in [-0.3, -0.25) is 4.79 Å². The Morgan fingerprint density at radius 2 is 1.74 bits per heavy atom. The third-order valence-corrected chi connectivity index (χ3v) is 3.25. The second-order valence-corrected chi connectivity index (χ2v) is 5.10. The van der Waals surface area contributed by atoms with Gasteiger partial charge < -0.3 is 5.32 Å². The number of carbonyl (C=O) groups excluding carboxylic acids is 1. The molecule has 1 aromatic carbocycles. The number of carbonyl (C=O) groups is 1. The molecule has 98 valence electrons. The lowest BCUT2D eigenvalue weighted by atomic mass is 10.2. The highest BCUT2D eigenvalue weighted by Crippen LogP contribution is 2.21. The summed E-state index contributed by atoms with van der Waals surface area (Å²) in [6, 6.07) is 8.16. The summed E-state index contributed by atoms with van der Waals surface area (Å²) in [5.74, 6) is -0.328. The number of rotatable bonds is 2. The average Bonchev–Trinajstić information content (AvgIpc) is 2.32. The van der Waals surface area contributed by atoms with Crippen LogP contribution in [0.25, 0.3) is 0 Å². The molecule has 0 radical (unpaired) electrons. The number of nitrogens with one attached hydrogen (secondary N) is 1. The second kappa shape index (κ2) is 5.78. The Morgan fingerprint density at radius 1 is 1.11 bits per heavy atom.